The van der Waals surface area contributed by atoms with Gasteiger partial charge in [0, 0.05) is 5.38 Å². The molecule has 1 fully saturated rings. The van der Waals surface area contributed by atoms with Crippen molar-refractivity contribution in [2.24, 2.45) is 11.3 Å². The highest BCUT2D eigenvalue weighted by Crippen LogP contribution is 2.60. The molecule has 3 heteroatoms. The Morgan fingerprint density at radius 1 is 1.64 bits per heavy atom. The molecule has 0 bridgehead atoms. The molecule has 1 aromatic rings. The van der Waals surface area contributed by atoms with Crippen molar-refractivity contribution in [1.29, 1.82) is 0 Å². The van der Waals surface area contributed by atoms with E-state index in [0.29, 0.717) is 5.92 Å². The van der Waals surface area contributed by atoms with Gasteiger partial charge in [-0.15, -0.1) is 11.3 Å². The Labute approximate surface area is 89.0 Å². The summed E-state index contributed by atoms with van der Waals surface area (Å²) < 4.78 is 0. The van der Waals surface area contributed by atoms with Crippen LogP contribution in [-0.2, 0) is 5.60 Å². The van der Waals surface area contributed by atoms with Gasteiger partial charge in [-0.1, -0.05) is 13.8 Å². The molecule has 0 spiro atoms. The Kier molecular flexibility index (Phi) is 2.02. The normalized spacial score (nSPS) is 28.5. The predicted octanol–water partition coefficient (Wildman–Crippen LogP) is 2.71. The standard InChI is InChI=1S/C11H17NOS/c1-7-12-9(6-14-7)11(4,13)8-5-10(8,2)3/h6,8,13H,5H2,1-4H3. The van der Waals surface area contributed by atoms with Gasteiger partial charge < -0.3 is 5.11 Å². The highest BCUT2D eigenvalue weighted by atomic mass is 32.1. The monoisotopic (exact) mass is 211 g/mol. The molecular formula is C11H17NOS. The summed E-state index contributed by atoms with van der Waals surface area (Å²) in [7, 11) is 0. The summed E-state index contributed by atoms with van der Waals surface area (Å²) in [5, 5.41) is 13.4. The molecule has 0 radical (unpaired) electrons. The zero-order chi connectivity index (χ0) is 10.6. The van der Waals surface area contributed by atoms with Crippen LogP contribution in [0.5, 0.6) is 0 Å². The van der Waals surface area contributed by atoms with E-state index in [-0.39, 0.29) is 5.41 Å². The number of thiazole rings is 1. The van der Waals surface area contributed by atoms with Crippen molar-refractivity contribution in [3.8, 4) is 0 Å². The van der Waals surface area contributed by atoms with Crippen LogP contribution in [0.4, 0.5) is 0 Å². The molecule has 0 aliphatic heterocycles. The average molecular weight is 211 g/mol. The van der Waals surface area contributed by atoms with Crippen LogP contribution in [0, 0.1) is 18.3 Å². The molecule has 0 saturated heterocycles. The SMILES string of the molecule is Cc1nc(C(C)(O)C2CC2(C)C)cs1. The molecule has 2 atom stereocenters. The summed E-state index contributed by atoms with van der Waals surface area (Å²) >= 11 is 1.61. The fourth-order valence-corrected chi connectivity index (χ4v) is 2.93. The van der Waals surface area contributed by atoms with Gasteiger partial charge in [-0.05, 0) is 31.6 Å². The quantitative estimate of drug-likeness (QED) is 0.816. The molecule has 0 aromatic carbocycles. The average Bonchev–Trinajstić information content (AvgIpc) is 2.52. The minimum Gasteiger partial charge on any atom is -0.384 e. The molecule has 2 nitrogen and oxygen atoms in total. The summed E-state index contributed by atoms with van der Waals surface area (Å²) in [6.07, 6.45) is 1.09. The van der Waals surface area contributed by atoms with Crippen molar-refractivity contribution < 1.29 is 5.11 Å². The van der Waals surface area contributed by atoms with Crippen molar-refractivity contribution in [1.82, 2.24) is 4.98 Å². The van der Waals surface area contributed by atoms with Crippen molar-refractivity contribution in [3.05, 3.63) is 16.1 Å². The van der Waals surface area contributed by atoms with Gasteiger partial charge >= 0.3 is 0 Å². The predicted molar refractivity (Wildman–Crippen MR) is 58.3 cm³/mol. The van der Waals surface area contributed by atoms with Crippen LogP contribution in [0.25, 0.3) is 0 Å². The van der Waals surface area contributed by atoms with Crippen LogP contribution in [0.1, 0.15) is 37.9 Å². The summed E-state index contributed by atoms with van der Waals surface area (Å²) in [6, 6.07) is 0. The van der Waals surface area contributed by atoms with Crippen molar-refractivity contribution in [2.45, 2.75) is 39.7 Å². The van der Waals surface area contributed by atoms with E-state index in [1.165, 1.54) is 0 Å². The molecule has 1 aliphatic carbocycles. The topological polar surface area (TPSA) is 33.1 Å². The molecule has 0 amide bonds. The minimum atomic E-state index is -0.742. The Hall–Kier alpha value is -0.410. The highest BCUT2D eigenvalue weighted by Gasteiger charge is 2.56. The molecular weight excluding hydrogens is 194 g/mol. The lowest BCUT2D eigenvalue weighted by molar-refractivity contribution is 0.0171. The third kappa shape index (κ3) is 1.48. The van der Waals surface area contributed by atoms with Crippen LogP contribution in [0.15, 0.2) is 5.38 Å². The van der Waals surface area contributed by atoms with E-state index in [0.717, 1.165) is 17.1 Å². The van der Waals surface area contributed by atoms with E-state index < -0.39 is 5.60 Å². The molecule has 2 unspecified atom stereocenters. The Bertz CT molecular complexity index is 354. The van der Waals surface area contributed by atoms with Crippen molar-refractivity contribution >= 4 is 11.3 Å². The van der Waals surface area contributed by atoms with E-state index in [4.69, 9.17) is 0 Å². The molecule has 1 N–H and O–H groups in total. The number of aliphatic hydroxyl groups is 1. The Balaban J connectivity index is 2.25. The summed E-state index contributed by atoms with van der Waals surface area (Å²) in [6.45, 7) is 8.26. The van der Waals surface area contributed by atoms with Gasteiger partial charge in [-0.2, -0.15) is 0 Å². The maximum atomic E-state index is 10.4. The Morgan fingerprint density at radius 2 is 2.21 bits per heavy atom. The van der Waals surface area contributed by atoms with Gasteiger partial charge in [0.05, 0.1) is 10.7 Å². The number of hydrogen-bond donors (Lipinski definition) is 1. The zero-order valence-electron chi connectivity index (χ0n) is 9.16. The largest absolute Gasteiger partial charge is 0.384 e. The van der Waals surface area contributed by atoms with E-state index in [1.807, 2.05) is 19.2 Å². The number of hydrogen-bond acceptors (Lipinski definition) is 3. The fraction of sp³-hybridized carbons (Fsp3) is 0.727. The van der Waals surface area contributed by atoms with Gasteiger partial charge in [0.1, 0.15) is 5.60 Å². The summed E-state index contributed by atoms with van der Waals surface area (Å²) in [5.41, 5.74) is 0.380. The first-order valence-corrected chi connectivity index (χ1v) is 5.87. The van der Waals surface area contributed by atoms with Gasteiger partial charge in [-0.3, -0.25) is 0 Å². The summed E-state index contributed by atoms with van der Waals surface area (Å²) in [4.78, 5) is 4.38. The second-order valence-corrected chi connectivity index (χ2v) is 6.21. The van der Waals surface area contributed by atoms with Crippen LogP contribution >= 0.6 is 11.3 Å². The zero-order valence-corrected chi connectivity index (χ0v) is 9.98. The third-order valence-electron chi connectivity index (χ3n) is 3.33. The first-order valence-electron chi connectivity index (χ1n) is 4.99. The lowest BCUT2D eigenvalue weighted by atomic mass is 9.92. The van der Waals surface area contributed by atoms with E-state index >= 15 is 0 Å². The minimum absolute atomic E-state index is 0.279. The fourth-order valence-electron chi connectivity index (χ4n) is 2.20. The number of aromatic nitrogens is 1. The van der Waals surface area contributed by atoms with Gasteiger partial charge in [0.25, 0.3) is 0 Å². The summed E-state index contributed by atoms with van der Waals surface area (Å²) in [5.74, 6) is 0.358. The number of rotatable bonds is 2. The second kappa shape index (κ2) is 2.80. The van der Waals surface area contributed by atoms with Crippen LogP contribution in [0.2, 0.25) is 0 Å². The third-order valence-corrected chi connectivity index (χ3v) is 4.10. The molecule has 1 aliphatic rings. The molecule has 14 heavy (non-hydrogen) atoms. The van der Waals surface area contributed by atoms with Gasteiger partial charge in [0.15, 0.2) is 0 Å². The van der Waals surface area contributed by atoms with Crippen LogP contribution < -0.4 is 0 Å². The van der Waals surface area contributed by atoms with Crippen molar-refractivity contribution in [2.75, 3.05) is 0 Å². The number of nitrogens with zero attached hydrogens (tertiary/aromatic N) is 1. The molecule has 78 valence electrons. The molecule has 1 aromatic heterocycles. The lowest BCUT2D eigenvalue weighted by Crippen LogP contribution is -2.26. The Morgan fingerprint density at radius 3 is 2.57 bits per heavy atom. The first-order chi connectivity index (χ1) is 6.34. The first kappa shape index (κ1) is 10.1. The molecule has 2 rings (SSSR count). The second-order valence-electron chi connectivity index (χ2n) is 5.14. The van der Waals surface area contributed by atoms with E-state index in [1.54, 1.807) is 11.3 Å². The van der Waals surface area contributed by atoms with Crippen molar-refractivity contribution in [3.63, 3.8) is 0 Å². The maximum Gasteiger partial charge on any atom is 0.108 e. The van der Waals surface area contributed by atoms with Crippen LogP contribution in [-0.4, -0.2) is 10.1 Å². The molecule has 1 heterocycles. The van der Waals surface area contributed by atoms with Gasteiger partial charge in [0.2, 0.25) is 0 Å². The molecule has 1 saturated carbocycles. The lowest BCUT2D eigenvalue weighted by Gasteiger charge is -2.23. The van der Waals surface area contributed by atoms with E-state index in [9.17, 15) is 5.11 Å². The smallest absolute Gasteiger partial charge is 0.108 e. The number of aryl methyl sites for hydroxylation is 1. The highest BCUT2D eigenvalue weighted by molar-refractivity contribution is 7.09. The van der Waals surface area contributed by atoms with E-state index in [2.05, 4.69) is 18.8 Å². The maximum absolute atomic E-state index is 10.4. The van der Waals surface area contributed by atoms with Gasteiger partial charge in [-0.25, -0.2) is 4.98 Å². The van der Waals surface area contributed by atoms with Crippen LogP contribution in [0.3, 0.4) is 0 Å².